The highest BCUT2D eigenvalue weighted by Crippen LogP contribution is 2.22. The number of hydrogen-bond donors (Lipinski definition) is 0. The number of benzene rings is 1. The molecule has 1 aromatic rings. The molecule has 0 saturated carbocycles. The highest BCUT2D eigenvalue weighted by atomic mass is 35.5. The largest absolute Gasteiger partial charge is 0.467 e. The average Bonchev–Trinajstić information content (AvgIpc) is 2.27. The van der Waals surface area contributed by atoms with E-state index in [1.54, 1.807) is 25.1 Å². The summed E-state index contributed by atoms with van der Waals surface area (Å²) < 4.78 is 4.54. The first-order valence-corrected chi connectivity index (χ1v) is 5.37. The van der Waals surface area contributed by atoms with Gasteiger partial charge in [-0.2, -0.15) is 0 Å². The molecule has 3 nitrogen and oxygen atoms in total. The minimum atomic E-state index is -0.572. The second kappa shape index (κ2) is 5.87. The quantitative estimate of drug-likeness (QED) is 0.619. The number of ether oxygens (including phenoxy) is 1. The van der Waals surface area contributed by atoms with Crippen LogP contribution in [0.4, 0.5) is 0 Å². The number of methoxy groups -OCH3 is 1. The van der Waals surface area contributed by atoms with Crippen molar-refractivity contribution in [3.05, 3.63) is 33.8 Å². The van der Waals surface area contributed by atoms with Crippen molar-refractivity contribution < 1.29 is 9.53 Å². The molecule has 0 aliphatic rings. The van der Waals surface area contributed by atoms with Gasteiger partial charge in [-0.15, -0.1) is 0 Å². The molecule has 16 heavy (non-hydrogen) atoms. The molecule has 0 amide bonds. The van der Waals surface area contributed by atoms with Gasteiger partial charge in [0.25, 0.3) is 0 Å². The van der Waals surface area contributed by atoms with Gasteiger partial charge in [0.05, 0.1) is 17.2 Å². The van der Waals surface area contributed by atoms with Crippen LogP contribution in [-0.4, -0.2) is 25.3 Å². The van der Waals surface area contributed by atoms with Crippen molar-refractivity contribution in [3.63, 3.8) is 0 Å². The van der Waals surface area contributed by atoms with E-state index >= 15 is 0 Å². The Kier molecular flexibility index (Phi) is 4.77. The summed E-state index contributed by atoms with van der Waals surface area (Å²) in [6, 6.07) is 4.58. The number of halogens is 2. The van der Waals surface area contributed by atoms with Crippen LogP contribution >= 0.6 is 23.2 Å². The lowest BCUT2D eigenvalue weighted by atomic mass is 10.2. The Hall–Kier alpha value is -1.06. The number of rotatable bonds is 3. The van der Waals surface area contributed by atoms with E-state index in [-0.39, 0.29) is 0 Å². The molecule has 0 aliphatic heterocycles. The van der Waals surface area contributed by atoms with E-state index in [1.807, 2.05) is 0 Å². The SMILES string of the molecule is COC(=O)C(C)/N=C/c1c(Cl)cccc1Cl. The lowest BCUT2D eigenvalue weighted by molar-refractivity contribution is -0.141. The minimum absolute atomic E-state index is 0.403. The maximum absolute atomic E-state index is 11.1. The predicted molar refractivity (Wildman–Crippen MR) is 65.5 cm³/mol. The summed E-state index contributed by atoms with van der Waals surface area (Å²) >= 11 is 11.9. The normalized spacial score (nSPS) is 12.8. The summed E-state index contributed by atoms with van der Waals surface area (Å²) in [5.41, 5.74) is 0.599. The smallest absolute Gasteiger partial charge is 0.330 e. The van der Waals surface area contributed by atoms with Crippen molar-refractivity contribution in [2.45, 2.75) is 13.0 Å². The Morgan fingerprint density at radius 2 is 2.00 bits per heavy atom. The predicted octanol–water partition coefficient (Wildman–Crippen LogP) is 2.97. The first-order valence-electron chi connectivity index (χ1n) is 4.61. The second-order valence-corrected chi connectivity index (χ2v) is 3.93. The lowest BCUT2D eigenvalue weighted by Gasteiger charge is -2.04. The Morgan fingerprint density at radius 1 is 1.44 bits per heavy atom. The molecule has 0 aromatic heterocycles. The molecule has 0 fully saturated rings. The van der Waals surface area contributed by atoms with E-state index in [0.717, 1.165) is 0 Å². The van der Waals surface area contributed by atoms with Crippen LogP contribution in [0, 0.1) is 0 Å². The van der Waals surface area contributed by atoms with Crippen LogP contribution in [0.3, 0.4) is 0 Å². The van der Waals surface area contributed by atoms with Gasteiger partial charge in [-0.05, 0) is 19.1 Å². The van der Waals surface area contributed by atoms with E-state index in [2.05, 4.69) is 9.73 Å². The zero-order valence-corrected chi connectivity index (χ0v) is 10.4. The highest BCUT2D eigenvalue weighted by Gasteiger charge is 2.10. The molecule has 1 aromatic carbocycles. The van der Waals surface area contributed by atoms with Crippen molar-refractivity contribution in [1.29, 1.82) is 0 Å². The average molecular weight is 260 g/mol. The molecule has 0 spiro atoms. The monoisotopic (exact) mass is 259 g/mol. The third kappa shape index (κ3) is 3.22. The van der Waals surface area contributed by atoms with Crippen molar-refractivity contribution in [3.8, 4) is 0 Å². The van der Waals surface area contributed by atoms with E-state index in [4.69, 9.17) is 23.2 Å². The number of esters is 1. The molecular formula is C11H11Cl2NO2. The topological polar surface area (TPSA) is 38.7 Å². The highest BCUT2D eigenvalue weighted by molar-refractivity contribution is 6.38. The molecule has 0 aliphatic carbocycles. The fraction of sp³-hybridized carbons (Fsp3) is 0.273. The van der Waals surface area contributed by atoms with Gasteiger partial charge in [0.15, 0.2) is 0 Å². The van der Waals surface area contributed by atoms with Gasteiger partial charge in [-0.3, -0.25) is 4.99 Å². The summed E-state index contributed by atoms with van der Waals surface area (Å²) in [4.78, 5) is 15.1. The zero-order valence-electron chi connectivity index (χ0n) is 8.91. The van der Waals surface area contributed by atoms with Gasteiger partial charge < -0.3 is 4.74 Å². The van der Waals surface area contributed by atoms with Gasteiger partial charge in [0.1, 0.15) is 6.04 Å². The van der Waals surface area contributed by atoms with Crippen LogP contribution in [0.5, 0.6) is 0 Å². The molecule has 1 rings (SSSR count). The molecule has 0 bridgehead atoms. The molecule has 5 heteroatoms. The van der Waals surface area contributed by atoms with Crippen LogP contribution in [0.25, 0.3) is 0 Å². The van der Waals surface area contributed by atoms with Gasteiger partial charge in [-0.25, -0.2) is 4.79 Å². The zero-order chi connectivity index (χ0) is 12.1. The van der Waals surface area contributed by atoms with Crippen molar-refractivity contribution in [2.75, 3.05) is 7.11 Å². The van der Waals surface area contributed by atoms with Crippen LogP contribution in [-0.2, 0) is 9.53 Å². The van der Waals surface area contributed by atoms with Crippen molar-refractivity contribution >= 4 is 35.4 Å². The maximum Gasteiger partial charge on any atom is 0.330 e. The molecule has 1 unspecified atom stereocenters. The number of carbonyl (C=O) groups excluding carboxylic acids is 1. The van der Waals surface area contributed by atoms with Gasteiger partial charge in [0.2, 0.25) is 0 Å². The van der Waals surface area contributed by atoms with Crippen LogP contribution in [0.15, 0.2) is 23.2 Å². The third-order valence-electron chi connectivity index (χ3n) is 1.97. The molecule has 1 atom stereocenters. The van der Waals surface area contributed by atoms with E-state index in [1.165, 1.54) is 13.3 Å². The summed E-state index contributed by atoms with van der Waals surface area (Å²) in [6.07, 6.45) is 1.48. The first-order chi connectivity index (χ1) is 7.56. The Balaban J connectivity index is 2.88. The third-order valence-corrected chi connectivity index (χ3v) is 2.63. The number of nitrogens with zero attached hydrogens (tertiary/aromatic N) is 1. The standard InChI is InChI=1S/C11H11Cl2NO2/c1-7(11(15)16-2)14-6-8-9(12)4-3-5-10(8)13/h3-7H,1-2H3/b14-6+. The molecular weight excluding hydrogens is 249 g/mol. The maximum atomic E-state index is 11.1. The van der Waals surface area contributed by atoms with Gasteiger partial charge in [-0.1, -0.05) is 29.3 Å². The summed E-state index contributed by atoms with van der Waals surface area (Å²) in [7, 11) is 1.32. The number of carbonyl (C=O) groups is 1. The fourth-order valence-corrected chi connectivity index (χ4v) is 1.55. The summed E-state index contributed by atoms with van der Waals surface area (Å²) in [5, 5.41) is 0.988. The minimum Gasteiger partial charge on any atom is -0.467 e. The Morgan fingerprint density at radius 3 is 2.50 bits per heavy atom. The van der Waals surface area contributed by atoms with Gasteiger partial charge >= 0.3 is 5.97 Å². The molecule has 0 heterocycles. The second-order valence-electron chi connectivity index (χ2n) is 3.11. The van der Waals surface area contributed by atoms with Crippen molar-refractivity contribution in [2.24, 2.45) is 4.99 Å². The van der Waals surface area contributed by atoms with Crippen LogP contribution in [0.1, 0.15) is 12.5 Å². The van der Waals surface area contributed by atoms with E-state index in [9.17, 15) is 4.79 Å². The Labute approximate surface area is 104 Å². The van der Waals surface area contributed by atoms with Gasteiger partial charge in [0, 0.05) is 11.8 Å². The number of aliphatic imine (C=N–C) groups is 1. The lowest BCUT2D eigenvalue weighted by Crippen LogP contribution is -2.16. The van der Waals surface area contributed by atoms with E-state index < -0.39 is 12.0 Å². The summed E-state index contributed by atoms with van der Waals surface area (Å²) in [6.45, 7) is 1.63. The fourth-order valence-electron chi connectivity index (χ4n) is 1.05. The van der Waals surface area contributed by atoms with Crippen molar-refractivity contribution in [1.82, 2.24) is 0 Å². The Bertz CT molecular complexity index is 398. The molecule has 0 radical (unpaired) electrons. The summed E-state index contributed by atoms with van der Waals surface area (Å²) in [5.74, 6) is -0.403. The molecule has 0 N–H and O–H groups in total. The van der Waals surface area contributed by atoms with Crippen LogP contribution in [0.2, 0.25) is 10.0 Å². The van der Waals surface area contributed by atoms with Crippen LogP contribution < -0.4 is 0 Å². The number of hydrogen-bond acceptors (Lipinski definition) is 3. The van der Waals surface area contributed by atoms with E-state index in [0.29, 0.717) is 15.6 Å². The first kappa shape index (κ1) is 13.0. The molecule has 0 saturated heterocycles. The molecule has 86 valence electrons.